The molecule has 0 aliphatic carbocycles. The Morgan fingerprint density at radius 2 is 1.40 bits per heavy atom. The fourth-order valence-corrected chi connectivity index (χ4v) is 2.31. The first-order valence-electron chi connectivity index (χ1n) is 6.84. The van der Waals surface area contributed by atoms with Crippen molar-refractivity contribution in [1.29, 1.82) is 0 Å². The van der Waals surface area contributed by atoms with E-state index >= 15 is 0 Å². The summed E-state index contributed by atoms with van der Waals surface area (Å²) in [5.41, 5.74) is -3.94. The number of nitrogens with zero attached hydrogens (tertiary/aromatic N) is 1. The minimum absolute atomic E-state index is 0.0165. The normalized spacial score (nSPS) is 12.6. The molecular weight excluding hydrogens is 350 g/mol. The summed E-state index contributed by atoms with van der Waals surface area (Å²) in [5, 5.41) is 0.175. The van der Waals surface area contributed by atoms with Crippen molar-refractivity contribution in [2.45, 2.75) is 12.4 Å². The maximum Gasteiger partial charge on any atom is 0.416 e. The molecule has 1 heterocycles. The monoisotopic (exact) mass is 358 g/mol. The molecule has 9 heteroatoms. The van der Waals surface area contributed by atoms with Crippen molar-refractivity contribution in [3.05, 3.63) is 63.9 Å². The van der Waals surface area contributed by atoms with E-state index in [1.54, 1.807) is 12.1 Å². The van der Waals surface area contributed by atoms with Gasteiger partial charge in [-0.3, -0.25) is 4.79 Å². The molecule has 1 N–H and O–H groups in total. The van der Waals surface area contributed by atoms with Gasteiger partial charge in [-0.15, -0.1) is 0 Å². The highest BCUT2D eigenvalue weighted by Crippen LogP contribution is 2.38. The second-order valence-corrected chi connectivity index (χ2v) is 5.23. The molecule has 1 aromatic heterocycles. The van der Waals surface area contributed by atoms with Crippen LogP contribution in [0.4, 0.5) is 26.3 Å². The van der Waals surface area contributed by atoms with Gasteiger partial charge < -0.3 is 4.98 Å². The highest BCUT2D eigenvalue weighted by Gasteiger charge is 2.37. The summed E-state index contributed by atoms with van der Waals surface area (Å²) in [6, 6.07) is 7.04. The number of fused-ring (bicyclic) bond motifs is 1. The van der Waals surface area contributed by atoms with Crippen LogP contribution in [0.15, 0.2) is 47.3 Å². The first-order chi connectivity index (χ1) is 11.6. The predicted molar refractivity (Wildman–Crippen MR) is 77.8 cm³/mol. The Kier molecular flexibility index (Phi) is 3.81. The molecule has 0 fully saturated rings. The number of aromatic amines is 1. The average molecular weight is 358 g/mol. The smallest absolute Gasteiger partial charge is 0.306 e. The van der Waals surface area contributed by atoms with E-state index in [0.29, 0.717) is 12.1 Å². The Hall–Kier alpha value is -2.84. The van der Waals surface area contributed by atoms with Gasteiger partial charge in [-0.1, -0.05) is 12.1 Å². The Labute approximate surface area is 135 Å². The second-order valence-electron chi connectivity index (χ2n) is 5.23. The van der Waals surface area contributed by atoms with Crippen LogP contribution in [-0.2, 0) is 12.4 Å². The minimum Gasteiger partial charge on any atom is -0.306 e. The Morgan fingerprint density at radius 1 is 0.840 bits per heavy atom. The van der Waals surface area contributed by atoms with E-state index in [9.17, 15) is 31.1 Å². The molecule has 0 radical (unpaired) electrons. The first kappa shape index (κ1) is 17.0. The van der Waals surface area contributed by atoms with Crippen molar-refractivity contribution >= 4 is 10.9 Å². The summed E-state index contributed by atoms with van der Waals surface area (Å²) in [7, 11) is 0. The topological polar surface area (TPSA) is 45.8 Å². The van der Waals surface area contributed by atoms with Crippen molar-refractivity contribution in [2.75, 3.05) is 0 Å². The van der Waals surface area contributed by atoms with Crippen molar-refractivity contribution in [1.82, 2.24) is 9.97 Å². The standard InChI is InChI=1S/C16H8F6N2O/c17-15(18,19)9-5-8(6-10(7-9)16(20,21)22)13-23-12-4-2-1-3-11(12)14(25)24-13/h1-7H,(H,23,24,25). The van der Waals surface area contributed by atoms with E-state index in [1.807, 2.05) is 0 Å². The van der Waals surface area contributed by atoms with E-state index in [1.165, 1.54) is 12.1 Å². The van der Waals surface area contributed by atoms with Crippen molar-refractivity contribution in [3.63, 3.8) is 0 Å². The van der Waals surface area contributed by atoms with Gasteiger partial charge in [0.25, 0.3) is 5.56 Å². The number of rotatable bonds is 1. The molecule has 0 spiro atoms. The SMILES string of the molecule is O=c1[nH]c(-c2cc(C(F)(F)F)cc(C(F)(F)F)c2)nc2ccccc12. The average Bonchev–Trinajstić information content (AvgIpc) is 2.53. The van der Waals surface area contributed by atoms with Gasteiger partial charge >= 0.3 is 12.4 Å². The van der Waals surface area contributed by atoms with Crippen LogP contribution in [-0.4, -0.2) is 9.97 Å². The first-order valence-corrected chi connectivity index (χ1v) is 6.84. The van der Waals surface area contributed by atoms with Crippen LogP contribution in [0.5, 0.6) is 0 Å². The predicted octanol–water partition coefficient (Wildman–Crippen LogP) is 4.63. The van der Waals surface area contributed by atoms with Gasteiger partial charge in [0.1, 0.15) is 5.82 Å². The van der Waals surface area contributed by atoms with Crippen LogP contribution >= 0.6 is 0 Å². The number of halogens is 6. The number of alkyl halides is 6. The molecule has 2 aromatic carbocycles. The van der Waals surface area contributed by atoms with E-state index < -0.39 is 34.6 Å². The molecule has 0 amide bonds. The van der Waals surface area contributed by atoms with Crippen LogP contribution in [0.2, 0.25) is 0 Å². The Bertz CT molecular complexity index is 972. The lowest BCUT2D eigenvalue weighted by molar-refractivity contribution is -0.143. The van der Waals surface area contributed by atoms with E-state index in [-0.39, 0.29) is 22.8 Å². The number of hydrogen-bond acceptors (Lipinski definition) is 2. The van der Waals surface area contributed by atoms with Crippen LogP contribution in [0, 0.1) is 0 Å². The molecule has 0 atom stereocenters. The molecule has 0 aliphatic heterocycles. The van der Waals surface area contributed by atoms with E-state index in [2.05, 4.69) is 9.97 Å². The highest BCUT2D eigenvalue weighted by atomic mass is 19.4. The lowest BCUT2D eigenvalue weighted by Gasteiger charge is -2.14. The number of aromatic nitrogens is 2. The molecule has 3 aromatic rings. The van der Waals surface area contributed by atoms with Gasteiger partial charge in [-0.05, 0) is 30.3 Å². The van der Waals surface area contributed by atoms with E-state index in [0.717, 1.165) is 0 Å². The highest BCUT2D eigenvalue weighted by molar-refractivity contribution is 5.79. The zero-order valence-corrected chi connectivity index (χ0v) is 12.2. The molecule has 0 bridgehead atoms. The summed E-state index contributed by atoms with van der Waals surface area (Å²) in [6.07, 6.45) is -9.96. The minimum atomic E-state index is -4.98. The Morgan fingerprint density at radius 3 is 1.96 bits per heavy atom. The molecule has 0 saturated carbocycles. The maximum atomic E-state index is 12.9. The van der Waals surface area contributed by atoms with Crippen molar-refractivity contribution < 1.29 is 26.3 Å². The zero-order valence-electron chi connectivity index (χ0n) is 12.2. The second kappa shape index (κ2) is 5.61. The third kappa shape index (κ3) is 3.35. The third-order valence-corrected chi connectivity index (χ3v) is 3.47. The summed E-state index contributed by atoms with van der Waals surface area (Å²) < 4.78 is 77.5. The molecule has 3 nitrogen and oxygen atoms in total. The Balaban J connectivity index is 2.28. The molecule has 0 unspecified atom stereocenters. The lowest BCUT2D eigenvalue weighted by atomic mass is 10.0. The number of hydrogen-bond donors (Lipinski definition) is 1. The molecule has 130 valence electrons. The summed E-state index contributed by atoms with van der Waals surface area (Å²) in [5.74, 6) is -0.375. The fourth-order valence-electron chi connectivity index (χ4n) is 2.31. The van der Waals surface area contributed by atoms with E-state index in [4.69, 9.17) is 0 Å². The molecular formula is C16H8F6N2O. The molecule has 0 saturated heterocycles. The number of nitrogens with one attached hydrogen (secondary N) is 1. The third-order valence-electron chi connectivity index (χ3n) is 3.47. The van der Waals surface area contributed by atoms with Crippen LogP contribution < -0.4 is 5.56 Å². The number of benzene rings is 2. The summed E-state index contributed by atoms with van der Waals surface area (Å²) in [4.78, 5) is 18.2. The zero-order chi connectivity index (χ0) is 18.4. The molecule has 3 rings (SSSR count). The van der Waals surface area contributed by atoms with Crippen LogP contribution in [0.1, 0.15) is 11.1 Å². The van der Waals surface area contributed by atoms with Crippen molar-refractivity contribution in [2.24, 2.45) is 0 Å². The summed E-state index contributed by atoms with van der Waals surface area (Å²) >= 11 is 0. The van der Waals surface area contributed by atoms with Gasteiger partial charge in [0.15, 0.2) is 0 Å². The van der Waals surface area contributed by atoms with Crippen LogP contribution in [0.3, 0.4) is 0 Å². The summed E-state index contributed by atoms with van der Waals surface area (Å²) in [6.45, 7) is 0. The van der Waals surface area contributed by atoms with Gasteiger partial charge in [0.2, 0.25) is 0 Å². The molecule has 25 heavy (non-hydrogen) atoms. The van der Waals surface area contributed by atoms with Crippen LogP contribution in [0.25, 0.3) is 22.3 Å². The number of H-pyrrole nitrogens is 1. The van der Waals surface area contributed by atoms with Gasteiger partial charge in [-0.2, -0.15) is 26.3 Å². The maximum absolute atomic E-state index is 12.9. The molecule has 0 aliphatic rings. The van der Waals surface area contributed by atoms with Gasteiger partial charge in [-0.25, -0.2) is 4.98 Å². The lowest BCUT2D eigenvalue weighted by Crippen LogP contribution is -2.13. The number of para-hydroxylation sites is 1. The fraction of sp³-hybridized carbons (Fsp3) is 0.125. The quantitative estimate of drug-likeness (QED) is 0.645. The van der Waals surface area contributed by atoms with Gasteiger partial charge in [0.05, 0.1) is 22.0 Å². The van der Waals surface area contributed by atoms with Gasteiger partial charge in [0, 0.05) is 5.56 Å². The largest absolute Gasteiger partial charge is 0.416 e. The van der Waals surface area contributed by atoms with Crippen molar-refractivity contribution in [3.8, 4) is 11.4 Å².